The Morgan fingerprint density at radius 3 is 2.88 bits per heavy atom. The fourth-order valence-corrected chi connectivity index (χ4v) is 3.47. The molecule has 130 valence electrons. The summed E-state index contributed by atoms with van der Waals surface area (Å²) in [6, 6.07) is 13.6. The van der Waals surface area contributed by atoms with Gasteiger partial charge >= 0.3 is 0 Å². The summed E-state index contributed by atoms with van der Waals surface area (Å²) < 4.78 is 20.7. The van der Waals surface area contributed by atoms with Gasteiger partial charge in [-0.15, -0.1) is 11.3 Å². The van der Waals surface area contributed by atoms with Crippen molar-refractivity contribution < 1.29 is 13.9 Å². The Kier molecular flexibility index (Phi) is 4.14. The predicted octanol–water partition coefficient (Wildman–Crippen LogP) is 4.46. The molecule has 0 spiro atoms. The zero-order valence-electron chi connectivity index (χ0n) is 13.8. The molecule has 2 aromatic carbocycles. The first-order valence-corrected chi connectivity index (χ1v) is 8.70. The summed E-state index contributed by atoms with van der Waals surface area (Å²) >= 11 is 1.35. The van der Waals surface area contributed by atoms with Crippen molar-refractivity contribution in [3.05, 3.63) is 71.6 Å². The fraction of sp³-hybridized carbons (Fsp3) is 0.0526. The number of nitrogens with zero attached hydrogens (tertiary/aromatic N) is 2. The van der Waals surface area contributed by atoms with Crippen molar-refractivity contribution in [1.82, 2.24) is 9.38 Å². The van der Waals surface area contributed by atoms with E-state index in [9.17, 15) is 9.18 Å². The first kappa shape index (κ1) is 16.3. The summed E-state index contributed by atoms with van der Waals surface area (Å²) in [6.45, 7) is 0. The lowest BCUT2D eigenvalue weighted by atomic mass is 10.1. The standard InChI is InChI=1S/C19H14FN3O2S/c1-25-13-6-4-5-12(9-13)16-10-23-17(11-26-19(23)22-16)18(24)21-15-8-3-2-7-14(15)20/h2-11H,1H3,(H,21,24). The summed E-state index contributed by atoms with van der Waals surface area (Å²) in [5, 5.41) is 4.30. The Morgan fingerprint density at radius 2 is 2.08 bits per heavy atom. The lowest BCUT2D eigenvalue weighted by Gasteiger charge is -2.05. The second-order valence-electron chi connectivity index (χ2n) is 5.57. The Hall–Kier alpha value is -3.19. The number of halogens is 1. The van der Waals surface area contributed by atoms with Crippen LogP contribution >= 0.6 is 11.3 Å². The molecule has 0 atom stereocenters. The minimum atomic E-state index is -0.477. The van der Waals surface area contributed by atoms with Gasteiger partial charge in [0.25, 0.3) is 5.91 Å². The van der Waals surface area contributed by atoms with E-state index >= 15 is 0 Å². The van der Waals surface area contributed by atoms with E-state index in [1.165, 1.54) is 23.5 Å². The van der Waals surface area contributed by atoms with Crippen LogP contribution in [0, 0.1) is 5.82 Å². The molecule has 4 aromatic rings. The molecule has 2 heterocycles. The van der Waals surface area contributed by atoms with E-state index in [1.807, 2.05) is 24.3 Å². The minimum Gasteiger partial charge on any atom is -0.497 e. The highest BCUT2D eigenvalue weighted by atomic mass is 32.1. The van der Waals surface area contributed by atoms with E-state index < -0.39 is 11.7 Å². The van der Waals surface area contributed by atoms with Gasteiger partial charge in [0, 0.05) is 17.1 Å². The Labute approximate surface area is 152 Å². The molecule has 4 rings (SSSR count). The van der Waals surface area contributed by atoms with Crippen LogP contribution in [0.1, 0.15) is 10.5 Å². The number of benzene rings is 2. The Morgan fingerprint density at radius 1 is 1.23 bits per heavy atom. The maximum Gasteiger partial charge on any atom is 0.273 e. The van der Waals surface area contributed by atoms with E-state index in [0.29, 0.717) is 10.7 Å². The molecule has 0 saturated heterocycles. The highest BCUT2D eigenvalue weighted by Gasteiger charge is 2.16. The number of thiazole rings is 1. The van der Waals surface area contributed by atoms with Gasteiger partial charge in [-0.25, -0.2) is 9.37 Å². The van der Waals surface area contributed by atoms with Crippen LogP contribution in [0.3, 0.4) is 0 Å². The molecule has 0 unspecified atom stereocenters. The van der Waals surface area contributed by atoms with Gasteiger partial charge in [-0.1, -0.05) is 24.3 Å². The van der Waals surface area contributed by atoms with Gasteiger partial charge in [0.15, 0.2) is 4.96 Å². The van der Waals surface area contributed by atoms with Crippen LogP contribution in [-0.2, 0) is 0 Å². The number of para-hydroxylation sites is 1. The predicted molar refractivity (Wildman–Crippen MR) is 99.4 cm³/mol. The number of imidazole rings is 1. The zero-order chi connectivity index (χ0) is 18.1. The third-order valence-corrected chi connectivity index (χ3v) is 4.77. The number of aromatic nitrogens is 2. The van der Waals surface area contributed by atoms with Gasteiger partial charge < -0.3 is 10.1 Å². The van der Waals surface area contributed by atoms with Crippen molar-refractivity contribution >= 4 is 27.9 Å². The summed E-state index contributed by atoms with van der Waals surface area (Å²) in [5.74, 6) is -0.137. The van der Waals surface area contributed by atoms with Crippen molar-refractivity contribution in [1.29, 1.82) is 0 Å². The molecule has 0 saturated carbocycles. The molecule has 26 heavy (non-hydrogen) atoms. The van der Waals surface area contributed by atoms with Crippen LogP contribution in [-0.4, -0.2) is 22.4 Å². The number of anilines is 1. The number of hydrogen-bond acceptors (Lipinski definition) is 4. The number of carbonyl (C=O) groups is 1. The van der Waals surface area contributed by atoms with Crippen molar-refractivity contribution in [3.8, 4) is 17.0 Å². The molecule has 0 aliphatic carbocycles. The van der Waals surface area contributed by atoms with Crippen LogP contribution in [0.25, 0.3) is 16.2 Å². The van der Waals surface area contributed by atoms with E-state index in [4.69, 9.17) is 4.74 Å². The maximum absolute atomic E-state index is 13.8. The fourth-order valence-electron chi connectivity index (χ4n) is 2.62. The molecular formula is C19H14FN3O2S. The van der Waals surface area contributed by atoms with E-state index in [-0.39, 0.29) is 5.69 Å². The molecule has 0 aliphatic rings. The molecule has 2 aromatic heterocycles. The van der Waals surface area contributed by atoms with Crippen LogP contribution in [0.5, 0.6) is 5.75 Å². The summed E-state index contributed by atoms with van der Waals surface area (Å²) in [6.07, 6.45) is 1.79. The number of hydrogen-bond donors (Lipinski definition) is 1. The van der Waals surface area contributed by atoms with Crippen molar-refractivity contribution in [2.45, 2.75) is 0 Å². The monoisotopic (exact) mass is 367 g/mol. The van der Waals surface area contributed by atoms with Crippen molar-refractivity contribution in [2.24, 2.45) is 0 Å². The molecular weight excluding hydrogens is 353 g/mol. The third kappa shape index (κ3) is 2.93. The number of ether oxygens (including phenoxy) is 1. The Bertz CT molecular complexity index is 1100. The van der Waals surface area contributed by atoms with Gasteiger partial charge in [0.05, 0.1) is 18.5 Å². The summed E-state index contributed by atoms with van der Waals surface area (Å²) in [5.41, 5.74) is 2.16. The van der Waals surface area contributed by atoms with Crippen LogP contribution in [0.4, 0.5) is 10.1 Å². The van der Waals surface area contributed by atoms with Gasteiger partial charge in [-0.3, -0.25) is 9.20 Å². The number of amides is 1. The number of rotatable bonds is 4. The maximum atomic E-state index is 13.8. The molecule has 0 aliphatic heterocycles. The molecule has 0 bridgehead atoms. The number of methoxy groups -OCH3 is 1. The molecule has 7 heteroatoms. The Balaban J connectivity index is 1.67. The number of fused-ring (bicyclic) bond motifs is 1. The molecule has 1 amide bonds. The topological polar surface area (TPSA) is 55.6 Å². The van der Waals surface area contributed by atoms with Gasteiger partial charge in [0.2, 0.25) is 0 Å². The van der Waals surface area contributed by atoms with Crippen molar-refractivity contribution in [2.75, 3.05) is 12.4 Å². The number of carbonyl (C=O) groups excluding carboxylic acids is 1. The lowest BCUT2D eigenvalue weighted by Crippen LogP contribution is -2.14. The molecule has 0 radical (unpaired) electrons. The van der Waals surface area contributed by atoms with Crippen LogP contribution in [0.2, 0.25) is 0 Å². The summed E-state index contributed by atoms with van der Waals surface area (Å²) in [4.78, 5) is 17.8. The van der Waals surface area contributed by atoms with E-state index in [2.05, 4.69) is 10.3 Å². The van der Waals surface area contributed by atoms with Gasteiger partial charge in [0.1, 0.15) is 17.3 Å². The highest BCUT2D eigenvalue weighted by Crippen LogP contribution is 2.26. The van der Waals surface area contributed by atoms with E-state index in [0.717, 1.165) is 17.0 Å². The number of nitrogens with one attached hydrogen (secondary N) is 1. The smallest absolute Gasteiger partial charge is 0.273 e. The molecule has 1 N–H and O–H groups in total. The van der Waals surface area contributed by atoms with E-state index in [1.54, 1.807) is 35.2 Å². The molecule has 0 fully saturated rings. The zero-order valence-corrected chi connectivity index (χ0v) is 14.6. The minimum absolute atomic E-state index is 0.144. The summed E-state index contributed by atoms with van der Waals surface area (Å²) in [7, 11) is 1.61. The van der Waals surface area contributed by atoms with Gasteiger partial charge in [-0.2, -0.15) is 0 Å². The van der Waals surface area contributed by atoms with Gasteiger partial charge in [-0.05, 0) is 24.3 Å². The SMILES string of the molecule is COc1cccc(-c2cn3c(C(=O)Nc4ccccc4F)csc3n2)c1. The van der Waals surface area contributed by atoms with Crippen LogP contribution < -0.4 is 10.1 Å². The van der Waals surface area contributed by atoms with Crippen LogP contribution in [0.15, 0.2) is 60.1 Å². The average Bonchev–Trinajstić information content (AvgIpc) is 3.24. The largest absolute Gasteiger partial charge is 0.497 e. The quantitative estimate of drug-likeness (QED) is 0.579. The second-order valence-corrected chi connectivity index (χ2v) is 6.40. The van der Waals surface area contributed by atoms with Crippen molar-refractivity contribution in [3.63, 3.8) is 0 Å². The first-order chi connectivity index (χ1) is 12.7. The highest BCUT2D eigenvalue weighted by molar-refractivity contribution is 7.15. The lowest BCUT2D eigenvalue weighted by molar-refractivity contribution is 0.102. The molecule has 5 nitrogen and oxygen atoms in total. The average molecular weight is 367 g/mol. The third-order valence-electron chi connectivity index (χ3n) is 3.93. The first-order valence-electron chi connectivity index (χ1n) is 7.82. The second kappa shape index (κ2) is 6.61. The normalized spacial score (nSPS) is 10.8.